The van der Waals surface area contributed by atoms with Crippen molar-refractivity contribution in [1.29, 1.82) is 0 Å². The molecule has 0 spiro atoms. The van der Waals surface area contributed by atoms with E-state index >= 15 is 0 Å². The van der Waals surface area contributed by atoms with E-state index in [4.69, 9.17) is 4.74 Å². The Morgan fingerprint density at radius 2 is 1.72 bits per heavy atom. The zero-order valence-corrected chi connectivity index (χ0v) is 22.8. The van der Waals surface area contributed by atoms with Crippen LogP contribution in [0.25, 0.3) is 16.8 Å². The maximum absolute atomic E-state index is 13.2. The fourth-order valence-corrected chi connectivity index (χ4v) is 4.70. The van der Waals surface area contributed by atoms with Crippen molar-refractivity contribution in [2.75, 3.05) is 11.9 Å². The van der Waals surface area contributed by atoms with E-state index in [1.165, 1.54) is 0 Å². The lowest BCUT2D eigenvalue weighted by molar-refractivity contribution is -0.127. The van der Waals surface area contributed by atoms with Gasteiger partial charge in [-0.05, 0) is 58.7 Å². The number of hydrogen-bond acceptors (Lipinski definition) is 4. The minimum absolute atomic E-state index is 0.0756. The molecule has 4 aromatic carbocycles. The van der Waals surface area contributed by atoms with Gasteiger partial charge in [0.25, 0.3) is 5.91 Å². The number of imide groups is 1. The third kappa shape index (κ3) is 5.86. The van der Waals surface area contributed by atoms with E-state index in [0.717, 1.165) is 37.7 Å². The number of aryl methyl sites for hydroxylation is 1. The second-order valence-electron chi connectivity index (χ2n) is 9.05. The summed E-state index contributed by atoms with van der Waals surface area (Å²) in [6, 6.07) is 26.2. The predicted molar refractivity (Wildman–Crippen MR) is 155 cm³/mol. The molecule has 0 aliphatic carbocycles. The Hall–Kier alpha value is -4.43. The molecule has 0 saturated carbocycles. The van der Waals surface area contributed by atoms with E-state index in [-0.39, 0.29) is 5.70 Å². The number of para-hydroxylation sites is 1. The van der Waals surface area contributed by atoms with E-state index in [9.17, 15) is 14.4 Å². The van der Waals surface area contributed by atoms with Crippen LogP contribution in [0.3, 0.4) is 0 Å². The van der Waals surface area contributed by atoms with Gasteiger partial charge in [-0.2, -0.15) is 0 Å². The van der Waals surface area contributed by atoms with Gasteiger partial charge in [-0.3, -0.25) is 9.59 Å². The van der Waals surface area contributed by atoms with E-state index in [1.54, 1.807) is 12.1 Å². The van der Waals surface area contributed by atoms with E-state index in [2.05, 4.69) is 26.6 Å². The number of fused-ring (bicyclic) bond motifs is 1. The molecule has 39 heavy (non-hydrogen) atoms. The molecule has 4 aromatic rings. The zero-order valence-electron chi connectivity index (χ0n) is 21.2. The van der Waals surface area contributed by atoms with Crippen molar-refractivity contribution in [3.63, 3.8) is 0 Å². The van der Waals surface area contributed by atoms with Crippen LogP contribution >= 0.6 is 15.9 Å². The summed E-state index contributed by atoms with van der Waals surface area (Å²) in [4.78, 5) is 39.6. The molecule has 1 saturated heterocycles. The van der Waals surface area contributed by atoms with Gasteiger partial charge in [0.2, 0.25) is 5.91 Å². The monoisotopic (exact) mass is 583 g/mol. The molecule has 7 nitrogen and oxygen atoms in total. The number of hydrogen-bond donors (Lipinski definition) is 2. The lowest BCUT2D eigenvalue weighted by atomic mass is 10.0. The number of nitrogens with zero attached hydrogens (tertiary/aromatic N) is 1. The van der Waals surface area contributed by atoms with E-state index < -0.39 is 24.4 Å². The standard InChI is InChI=1S/C31H26BrN3O4/c1-2-21-7-4-6-10-26(21)33-29(36)18-35-30(37)27(34-31(35)38)17-25-24-9-5-3-8-22(24)13-16-28(25)39-19-20-11-14-23(32)15-12-20/h3-17H,2,18-19H2,1H3,(H,33,36)(H,34,38)/b27-17+. The minimum atomic E-state index is -0.650. The summed E-state index contributed by atoms with van der Waals surface area (Å²) >= 11 is 3.44. The van der Waals surface area contributed by atoms with Crippen molar-refractivity contribution in [3.05, 3.63) is 112 Å². The first-order valence-corrected chi connectivity index (χ1v) is 13.3. The summed E-state index contributed by atoms with van der Waals surface area (Å²) in [6.45, 7) is 1.92. The highest BCUT2D eigenvalue weighted by molar-refractivity contribution is 9.10. The SMILES string of the molecule is CCc1ccccc1NC(=O)CN1C(=O)N/C(=C/c2c(OCc3ccc(Br)cc3)ccc3ccccc23)C1=O. The molecule has 1 aliphatic rings. The number of carbonyl (C=O) groups excluding carboxylic acids is 3. The first kappa shape index (κ1) is 26.2. The molecule has 8 heteroatoms. The molecular formula is C31H26BrN3O4. The Kier molecular flexibility index (Phi) is 7.74. The molecule has 1 heterocycles. The van der Waals surface area contributed by atoms with Gasteiger partial charge in [0.15, 0.2) is 0 Å². The van der Waals surface area contributed by atoms with Gasteiger partial charge in [-0.25, -0.2) is 9.69 Å². The maximum Gasteiger partial charge on any atom is 0.329 e. The topological polar surface area (TPSA) is 87.7 Å². The Labute approximate surface area is 234 Å². The summed E-state index contributed by atoms with van der Waals surface area (Å²) < 4.78 is 7.14. The number of ether oxygens (including phenoxy) is 1. The normalized spacial score (nSPS) is 14.1. The second kappa shape index (κ2) is 11.5. The van der Waals surface area contributed by atoms with Gasteiger partial charge in [-0.1, -0.05) is 83.5 Å². The smallest absolute Gasteiger partial charge is 0.329 e. The summed E-state index contributed by atoms with van der Waals surface area (Å²) in [5.74, 6) is -0.464. The average Bonchev–Trinajstić information content (AvgIpc) is 3.21. The van der Waals surface area contributed by atoms with Gasteiger partial charge >= 0.3 is 6.03 Å². The zero-order chi connectivity index (χ0) is 27.4. The van der Waals surface area contributed by atoms with Crippen LogP contribution in [0.2, 0.25) is 0 Å². The lowest BCUT2D eigenvalue weighted by Crippen LogP contribution is -2.38. The third-order valence-corrected chi connectivity index (χ3v) is 6.99. The van der Waals surface area contributed by atoms with E-state index in [1.807, 2.05) is 85.8 Å². The summed E-state index contributed by atoms with van der Waals surface area (Å²) in [5.41, 5.74) is 3.35. The van der Waals surface area contributed by atoms with Gasteiger partial charge < -0.3 is 15.4 Å². The number of carbonyl (C=O) groups is 3. The van der Waals surface area contributed by atoms with Crippen molar-refractivity contribution >= 4 is 56.3 Å². The summed E-state index contributed by atoms with van der Waals surface area (Å²) in [7, 11) is 0. The van der Waals surface area contributed by atoms with Crippen LogP contribution in [-0.2, 0) is 22.6 Å². The number of rotatable bonds is 8. The molecule has 0 aromatic heterocycles. The largest absolute Gasteiger partial charge is 0.488 e. The molecular weight excluding hydrogens is 558 g/mol. The number of nitrogens with one attached hydrogen (secondary N) is 2. The highest BCUT2D eigenvalue weighted by Gasteiger charge is 2.35. The Morgan fingerprint density at radius 3 is 2.51 bits per heavy atom. The average molecular weight is 584 g/mol. The van der Waals surface area contributed by atoms with Crippen molar-refractivity contribution in [2.45, 2.75) is 20.0 Å². The number of urea groups is 1. The molecule has 4 amide bonds. The molecule has 2 N–H and O–H groups in total. The van der Waals surface area contributed by atoms with Crippen molar-refractivity contribution in [3.8, 4) is 5.75 Å². The van der Waals surface area contributed by atoms with Gasteiger partial charge in [0, 0.05) is 15.7 Å². The lowest BCUT2D eigenvalue weighted by Gasteiger charge is -2.14. The quantitative estimate of drug-likeness (QED) is 0.189. The predicted octanol–water partition coefficient (Wildman–Crippen LogP) is 6.28. The number of halogens is 1. The molecule has 1 fully saturated rings. The molecule has 1 aliphatic heterocycles. The minimum Gasteiger partial charge on any atom is -0.488 e. The van der Waals surface area contributed by atoms with Crippen molar-refractivity contribution in [1.82, 2.24) is 10.2 Å². The van der Waals surface area contributed by atoms with Crippen molar-refractivity contribution in [2.24, 2.45) is 0 Å². The molecule has 196 valence electrons. The molecule has 0 radical (unpaired) electrons. The van der Waals surface area contributed by atoms with Crippen LogP contribution in [0.1, 0.15) is 23.6 Å². The number of anilines is 1. The van der Waals surface area contributed by atoms with E-state index in [0.29, 0.717) is 23.6 Å². The first-order valence-electron chi connectivity index (χ1n) is 12.5. The van der Waals surface area contributed by atoms with Gasteiger partial charge in [0.1, 0.15) is 24.6 Å². The van der Waals surface area contributed by atoms with Gasteiger partial charge in [-0.15, -0.1) is 0 Å². The van der Waals surface area contributed by atoms with Crippen LogP contribution in [0.4, 0.5) is 10.5 Å². The summed E-state index contributed by atoms with van der Waals surface area (Å²) in [6.07, 6.45) is 2.35. The fraction of sp³-hybridized carbons (Fsp3) is 0.129. The second-order valence-corrected chi connectivity index (χ2v) is 9.97. The molecule has 0 bridgehead atoms. The van der Waals surface area contributed by atoms with Crippen LogP contribution in [0, 0.1) is 0 Å². The maximum atomic E-state index is 13.2. The highest BCUT2D eigenvalue weighted by Crippen LogP contribution is 2.31. The Morgan fingerprint density at radius 1 is 0.974 bits per heavy atom. The van der Waals surface area contributed by atoms with Crippen LogP contribution < -0.4 is 15.4 Å². The Balaban J connectivity index is 1.39. The number of benzene rings is 4. The Bertz CT molecular complexity index is 1600. The van der Waals surface area contributed by atoms with Crippen LogP contribution in [0.15, 0.2) is 95.1 Å². The molecule has 5 rings (SSSR count). The number of amides is 4. The molecule has 0 unspecified atom stereocenters. The van der Waals surface area contributed by atoms with Crippen LogP contribution in [-0.4, -0.2) is 29.3 Å². The summed E-state index contributed by atoms with van der Waals surface area (Å²) in [5, 5.41) is 7.26. The molecule has 0 atom stereocenters. The van der Waals surface area contributed by atoms with Gasteiger partial charge in [0.05, 0.1) is 0 Å². The highest BCUT2D eigenvalue weighted by atomic mass is 79.9. The van der Waals surface area contributed by atoms with Crippen molar-refractivity contribution < 1.29 is 19.1 Å². The van der Waals surface area contributed by atoms with Crippen LogP contribution in [0.5, 0.6) is 5.75 Å². The first-order chi connectivity index (χ1) is 18.9. The third-order valence-electron chi connectivity index (χ3n) is 6.46. The fourth-order valence-electron chi connectivity index (χ4n) is 4.44.